The Balaban J connectivity index is 1.86. The number of para-hydroxylation sites is 1. The standard InChI is InChI=1S/C22H28N2O3/c1-5-27-21(26)16-10-12-17(13-11-16)23-15-14-20(25)24-19-9-7-6-8-18(19)22(2,3)4/h6-13,23H,5,14-15H2,1-4H3,(H,24,25). The third-order valence-electron chi connectivity index (χ3n) is 4.09. The minimum atomic E-state index is -0.332. The Morgan fingerprint density at radius 3 is 2.30 bits per heavy atom. The van der Waals surface area contributed by atoms with E-state index in [4.69, 9.17) is 4.74 Å². The summed E-state index contributed by atoms with van der Waals surface area (Å²) in [5.74, 6) is -0.372. The molecule has 0 radical (unpaired) electrons. The van der Waals surface area contributed by atoms with Crippen molar-refractivity contribution in [2.24, 2.45) is 0 Å². The molecule has 0 saturated carbocycles. The van der Waals surface area contributed by atoms with Crippen LogP contribution < -0.4 is 10.6 Å². The van der Waals surface area contributed by atoms with E-state index in [0.29, 0.717) is 25.1 Å². The molecule has 144 valence electrons. The molecule has 5 heteroatoms. The van der Waals surface area contributed by atoms with Gasteiger partial charge in [-0.25, -0.2) is 4.79 Å². The van der Waals surface area contributed by atoms with Gasteiger partial charge in [-0.15, -0.1) is 0 Å². The van der Waals surface area contributed by atoms with Crippen LogP contribution in [0, 0.1) is 0 Å². The van der Waals surface area contributed by atoms with E-state index >= 15 is 0 Å². The molecule has 0 atom stereocenters. The Morgan fingerprint density at radius 2 is 1.67 bits per heavy atom. The van der Waals surface area contributed by atoms with E-state index in [2.05, 4.69) is 31.4 Å². The topological polar surface area (TPSA) is 67.4 Å². The van der Waals surface area contributed by atoms with Crippen LogP contribution in [0.25, 0.3) is 0 Å². The van der Waals surface area contributed by atoms with Crippen LogP contribution in [0.5, 0.6) is 0 Å². The predicted molar refractivity (Wildman–Crippen MR) is 109 cm³/mol. The monoisotopic (exact) mass is 368 g/mol. The summed E-state index contributed by atoms with van der Waals surface area (Å²) in [6.07, 6.45) is 0.345. The molecule has 0 aliphatic carbocycles. The highest BCUT2D eigenvalue weighted by Gasteiger charge is 2.18. The Labute approximate surface area is 161 Å². The van der Waals surface area contributed by atoms with E-state index in [1.165, 1.54) is 0 Å². The number of esters is 1. The van der Waals surface area contributed by atoms with Crippen molar-refractivity contribution in [3.63, 3.8) is 0 Å². The molecule has 0 bridgehead atoms. The average molecular weight is 368 g/mol. The molecule has 2 N–H and O–H groups in total. The van der Waals surface area contributed by atoms with Gasteiger partial charge < -0.3 is 15.4 Å². The van der Waals surface area contributed by atoms with E-state index in [9.17, 15) is 9.59 Å². The van der Waals surface area contributed by atoms with Gasteiger partial charge in [0.05, 0.1) is 12.2 Å². The summed E-state index contributed by atoms with van der Waals surface area (Å²) in [7, 11) is 0. The van der Waals surface area contributed by atoms with Gasteiger partial charge in [-0.05, 0) is 48.2 Å². The van der Waals surface area contributed by atoms with Crippen LogP contribution >= 0.6 is 0 Å². The fourth-order valence-electron chi connectivity index (χ4n) is 2.72. The van der Waals surface area contributed by atoms with Gasteiger partial charge in [0.25, 0.3) is 0 Å². The van der Waals surface area contributed by atoms with E-state index < -0.39 is 0 Å². The molecule has 0 aromatic heterocycles. The number of amides is 1. The molecular weight excluding hydrogens is 340 g/mol. The highest BCUT2D eigenvalue weighted by molar-refractivity contribution is 5.92. The van der Waals surface area contributed by atoms with Crippen molar-refractivity contribution in [3.8, 4) is 0 Å². The second-order valence-corrected chi connectivity index (χ2v) is 7.32. The molecule has 0 unspecified atom stereocenters. The third-order valence-corrected chi connectivity index (χ3v) is 4.09. The van der Waals surface area contributed by atoms with Gasteiger partial charge in [-0.2, -0.15) is 0 Å². The molecule has 0 aliphatic heterocycles. The third kappa shape index (κ3) is 6.13. The Morgan fingerprint density at radius 1 is 1.00 bits per heavy atom. The maximum absolute atomic E-state index is 12.3. The zero-order chi connectivity index (χ0) is 19.9. The van der Waals surface area contributed by atoms with Crippen molar-refractivity contribution in [3.05, 3.63) is 59.7 Å². The van der Waals surface area contributed by atoms with Crippen LogP contribution in [0.15, 0.2) is 48.5 Å². The Bertz CT molecular complexity index is 777. The maximum atomic E-state index is 12.3. The van der Waals surface area contributed by atoms with E-state index in [-0.39, 0.29) is 17.3 Å². The SMILES string of the molecule is CCOC(=O)c1ccc(NCCC(=O)Nc2ccccc2C(C)(C)C)cc1. The van der Waals surface area contributed by atoms with Crippen molar-refractivity contribution >= 4 is 23.3 Å². The highest BCUT2D eigenvalue weighted by atomic mass is 16.5. The Hall–Kier alpha value is -2.82. The number of carbonyl (C=O) groups is 2. The molecule has 0 saturated heterocycles. The molecule has 0 aliphatic rings. The highest BCUT2D eigenvalue weighted by Crippen LogP contribution is 2.29. The van der Waals surface area contributed by atoms with Crippen molar-refractivity contribution in [1.29, 1.82) is 0 Å². The summed E-state index contributed by atoms with van der Waals surface area (Å²) >= 11 is 0. The fourth-order valence-corrected chi connectivity index (χ4v) is 2.72. The quantitative estimate of drug-likeness (QED) is 0.701. The second-order valence-electron chi connectivity index (χ2n) is 7.32. The van der Waals surface area contributed by atoms with Crippen LogP contribution in [0.2, 0.25) is 0 Å². The van der Waals surface area contributed by atoms with Crippen LogP contribution in [0.1, 0.15) is 50.0 Å². The van der Waals surface area contributed by atoms with E-state index in [1.54, 1.807) is 31.2 Å². The molecule has 2 aromatic carbocycles. The Kier molecular flexibility index (Phi) is 6.99. The first-order valence-corrected chi connectivity index (χ1v) is 9.21. The molecule has 1 amide bonds. The predicted octanol–water partition coefficient (Wildman–Crippen LogP) is 4.60. The van der Waals surface area contributed by atoms with Crippen LogP contribution in [0.3, 0.4) is 0 Å². The van der Waals surface area contributed by atoms with Gasteiger partial charge in [0.1, 0.15) is 0 Å². The van der Waals surface area contributed by atoms with Crippen LogP contribution in [-0.4, -0.2) is 25.0 Å². The molecule has 0 fully saturated rings. The molecule has 2 aromatic rings. The summed E-state index contributed by atoms with van der Waals surface area (Å²) in [6, 6.07) is 14.9. The number of ether oxygens (including phenoxy) is 1. The van der Waals surface area contributed by atoms with Crippen molar-refractivity contribution < 1.29 is 14.3 Å². The van der Waals surface area contributed by atoms with Crippen LogP contribution in [0.4, 0.5) is 11.4 Å². The normalized spacial score (nSPS) is 11.0. The van der Waals surface area contributed by atoms with Crippen molar-refractivity contribution in [1.82, 2.24) is 0 Å². The number of nitrogens with one attached hydrogen (secondary N) is 2. The molecule has 2 rings (SSSR count). The van der Waals surface area contributed by atoms with Gasteiger partial charge in [-0.3, -0.25) is 4.79 Å². The van der Waals surface area contributed by atoms with Crippen LogP contribution in [-0.2, 0) is 14.9 Å². The lowest BCUT2D eigenvalue weighted by molar-refractivity contribution is -0.115. The zero-order valence-corrected chi connectivity index (χ0v) is 16.5. The lowest BCUT2D eigenvalue weighted by Gasteiger charge is -2.23. The van der Waals surface area contributed by atoms with Crippen molar-refractivity contribution in [2.75, 3.05) is 23.8 Å². The number of hydrogen-bond donors (Lipinski definition) is 2. The zero-order valence-electron chi connectivity index (χ0n) is 16.5. The average Bonchev–Trinajstić information content (AvgIpc) is 2.62. The summed E-state index contributed by atoms with van der Waals surface area (Å²) in [5, 5.41) is 6.19. The van der Waals surface area contributed by atoms with Gasteiger partial charge >= 0.3 is 5.97 Å². The molecule has 0 spiro atoms. The summed E-state index contributed by atoms with van der Waals surface area (Å²) in [5.41, 5.74) is 3.29. The molecule has 27 heavy (non-hydrogen) atoms. The number of anilines is 2. The lowest BCUT2D eigenvalue weighted by atomic mass is 9.86. The summed E-state index contributed by atoms with van der Waals surface area (Å²) in [6.45, 7) is 9.01. The second kappa shape index (κ2) is 9.21. The summed E-state index contributed by atoms with van der Waals surface area (Å²) in [4.78, 5) is 23.9. The number of hydrogen-bond acceptors (Lipinski definition) is 4. The largest absolute Gasteiger partial charge is 0.462 e. The van der Waals surface area contributed by atoms with Gasteiger partial charge in [-0.1, -0.05) is 39.0 Å². The first-order valence-electron chi connectivity index (χ1n) is 9.21. The minimum Gasteiger partial charge on any atom is -0.462 e. The number of carbonyl (C=O) groups excluding carboxylic acids is 2. The van der Waals surface area contributed by atoms with E-state index in [0.717, 1.165) is 16.9 Å². The lowest BCUT2D eigenvalue weighted by Crippen LogP contribution is -2.20. The van der Waals surface area contributed by atoms with Crippen molar-refractivity contribution in [2.45, 2.75) is 39.5 Å². The minimum absolute atomic E-state index is 0.0389. The molecule has 5 nitrogen and oxygen atoms in total. The first kappa shape index (κ1) is 20.5. The summed E-state index contributed by atoms with van der Waals surface area (Å²) < 4.78 is 4.96. The number of benzene rings is 2. The number of rotatable bonds is 7. The fraction of sp³-hybridized carbons (Fsp3) is 0.364. The van der Waals surface area contributed by atoms with E-state index in [1.807, 2.05) is 24.3 Å². The smallest absolute Gasteiger partial charge is 0.338 e. The maximum Gasteiger partial charge on any atom is 0.338 e. The van der Waals surface area contributed by atoms with Gasteiger partial charge in [0.15, 0.2) is 0 Å². The molecule has 0 heterocycles. The van der Waals surface area contributed by atoms with Gasteiger partial charge in [0, 0.05) is 24.3 Å². The molecular formula is C22H28N2O3. The van der Waals surface area contributed by atoms with Gasteiger partial charge in [0.2, 0.25) is 5.91 Å². The first-order chi connectivity index (χ1) is 12.8.